The van der Waals surface area contributed by atoms with Gasteiger partial charge in [-0.2, -0.15) is 0 Å². The van der Waals surface area contributed by atoms with E-state index in [9.17, 15) is 4.79 Å². The summed E-state index contributed by atoms with van der Waals surface area (Å²) in [6, 6.07) is 3.97. The molecule has 0 aliphatic carbocycles. The smallest absolute Gasteiger partial charge is 0.238 e. The number of likely N-dealkylation sites (N-methyl/N-ethyl adjacent to an activating group) is 1. The second-order valence-electron chi connectivity index (χ2n) is 3.20. The molecule has 0 spiro atoms. The van der Waals surface area contributed by atoms with Crippen molar-refractivity contribution in [3.8, 4) is 0 Å². The Hall–Kier alpha value is -1.29. The fourth-order valence-corrected chi connectivity index (χ4v) is 1.63. The van der Waals surface area contributed by atoms with E-state index in [0.29, 0.717) is 0 Å². The Labute approximate surface area is 76.9 Å². The van der Waals surface area contributed by atoms with E-state index in [4.69, 9.17) is 0 Å². The van der Waals surface area contributed by atoms with Crippen LogP contribution in [0.2, 0.25) is 0 Å². The minimum atomic E-state index is -0.0927. The lowest BCUT2D eigenvalue weighted by Crippen LogP contribution is -2.48. The molecule has 70 valence electrons. The summed E-state index contributed by atoms with van der Waals surface area (Å²) in [4.78, 5) is 11.3. The highest BCUT2D eigenvalue weighted by molar-refractivity contribution is 5.81. The first kappa shape index (κ1) is 8.31. The molecule has 0 fully saturated rings. The Balaban J connectivity index is 2.13. The van der Waals surface area contributed by atoms with Crippen LogP contribution in [0.3, 0.4) is 0 Å². The number of hydrogen-bond acceptors (Lipinski definition) is 2. The van der Waals surface area contributed by atoms with Crippen molar-refractivity contribution in [3.63, 3.8) is 0 Å². The lowest BCUT2D eigenvalue weighted by molar-refractivity contribution is -0.123. The largest absolute Gasteiger partial charge is 0.358 e. The van der Waals surface area contributed by atoms with Gasteiger partial charge in [-0.1, -0.05) is 0 Å². The van der Waals surface area contributed by atoms with Gasteiger partial charge in [0.25, 0.3) is 0 Å². The second kappa shape index (κ2) is 3.22. The summed E-state index contributed by atoms with van der Waals surface area (Å²) >= 11 is 0. The van der Waals surface area contributed by atoms with Gasteiger partial charge < -0.3 is 9.88 Å². The van der Waals surface area contributed by atoms with E-state index >= 15 is 0 Å². The molecule has 1 aliphatic rings. The minimum Gasteiger partial charge on any atom is -0.358 e. The molecule has 0 aromatic carbocycles. The van der Waals surface area contributed by atoms with Crippen molar-refractivity contribution in [2.24, 2.45) is 0 Å². The highest BCUT2D eigenvalue weighted by Gasteiger charge is 2.21. The summed E-state index contributed by atoms with van der Waals surface area (Å²) in [6.45, 7) is 1.49. The molecule has 4 nitrogen and oxygen atoms in total. The molecule has 1 aromatic rings. The summed E-state index contributed by atoms with van der Waals surface area (Å²) in [7, 11) is 1.66. The molecule has 0 bridgehead atoms. The zero-order valence-corrected chi connectivity index (χ0v) is 7.58. The SMILES string of the molecule is CNC(=O)[C@@H]1Cn2cccc2CN1. The van der Waals surface area contributed by atoms with Crippen LogP contribution in [0.4, 0.5) is 0 Å². The monoisotopic (exact) mass is 179 g/mol. The quantitative estimate of drug-likeness (QED) is 0.622. The summed E-state index contributed by atoms with van der Waals surface area (Å²) < 4.78 is 2.11. The number of fused-ring (bicyclic) bond motifs is 1. The molecular weight excluding hydrogens is 166 g/mol. The Bertz CT molecular complexity index is 318. The molecule has 0 saturated heterocycles. The molecule has 4 heteroatoms. The van der Waals surface area contributed by atoms with Crippen LogP contribution in [0.15, 0.2) is 18.3 Å². The third-order valence-corrected chi connectivity index (χ3v) is 2.40. The van der Waals surface area contributed by atoms with Crippen LogP contribution in [-0.2, 0) is 17.9 Å². The predicted octanol–water partition coefficient (Wildman–Crippen LogP) is -0.294. The first-order chi connectivity index (χ1) is 6.31. The zero-order chi connectivity index (χ0) is 9.26. The summed E-state index contributed by atoms with van der Waals surface area (Å²) in [6.07, 6.45) is 2.01. The van der Waals surface area contributed by atoms with E-state index < -0.39 is 0 Å². The summed E-state index contributed by atoms with van der Waals surface area (Å²) in [5.74, 6) is 0.0550. The van der Waals surface area contributed by atoms with Crippen LogP contribution in [0.5, 0.6) is 0 Å². The van der Waals surface area contributed by atoms with Gasteiger partial charge in [-0.15, -0.1) is 0 Å². The van der Waals surface area contributed by atoms with E-state index in [1.165, 1.54) is 5.69 Å². The molecule has 1 aromatic heterocycles. The Morgan fingerprint density at radius 2 is 2.62 bits per heavy atom. The first-order valence-electron chi connectivity index (χ1n) is 4.40. The van der Waals surface area contributed by atoms with E-state index in [0.717, 1.165) is 13.1 Å². The molecule has 1 aliphatic heterocycles. The van der Waals surface area contributed by atoms with Gasteiger partial charge in [-0.05, 0) is 12.1 Å². The molecule has 0 radical (unpaired) electrons. The van der Waals surface area contributed by atoms with Gasteiger partial charge in [0.1, 0.15) is 6.04 Å². The molecule has 13 heavy (non-hydrogen) atoms. The number of carbonyl (C=O) groups is 1. The number of amides is 1. The minimum absolute atomic E-state index is 0.0550. The summed E-state index contributed by atoms with van der Waals surface area (Å²) in [5.41, 5.74) is 1.24. The van der Waals surface area contributed by atoms with Crippen molar-refractivity contribution in [1.82, 2.24) is 15.2 Å². The van der Waals surface area contributed by atoms with Crippen molar-refractivity contribution in [3.05, 3.63) is 24.0 Å². The fourth-order valence-electron chi connectivity index (χ4n) is 1.63. The first-order valence-corrected chi connectivity index (χ1v) is 4.40. The van der Waals surface area contributed by atoms with Crippen LogP contribution in [-0.4, -0.2) is 23.6 Å². The van der Waals surface area contributed by atoms with E-state index in [1.807, 2.05) is 12.3 Å². The maximum Gasteiger partial charge on any atom is 0.238 e. The van der Waals surface area contributed by atoms with Crippen molar-refractivity contribution in [2.75, 3.05) is 7.05 Å². The predicted molar refractivity (Wildman–Crippen MR) is 49.1 cm³/mol. The Morgan fingerprint density at radius 1 is 1.77 bits per heavy atom. The number of carbonyl (C=O) groups excluding carboxylic acids is 1. The lowest BCUT2D eigenvalue weighted by atomic mass is 10.2. The van der Waals surface area contributed by atoms with Crippen LogP contribution in [0.25, 0.3) is 0 Å². The average Bonchev–Trinajstić information content (AvgIpc) is 2.63. The topological polar surface area (TPSA) is 46.1 Å². The number of nitrogens with one attached hydrogen (secondary N) is 2. The van der Waals surface area contributed by atoms with Gasteiger partial charge in [0.2, 0.25) is 5.91 Å². The number of hydrogen-bond donors (Lipinski definition) is 2. The summed E-state index contributed by atoms with van der Waals surface area (Å²) in [5, 5.41) is 5.82. The van der Waals surface area contributed by atoms with Crippen LogP contribution >= 0.6 is 0 Å². The number of nitrogens with zero attached hydrogens (tertiary/aromatic N) is 1. The maximum absolute atomic E-state index is 11.3. The van der Waals surface area contributed by atoms with Crippen molar-refractivity contribution in [2.45, 2.75) is 19.1 Å². The second-order valence-corrected chi connectivity index (χ2v) is 3.20. The number of rotatable bonds is 1. The Kier molecular flexibility index (Phi) is 2.06. The van der Waals surface area contributed by atoms with Gasteiger partial charge >= 0.3 is 0 Å². The van der Waals surface area contributed by atoms with Crippen LogP contribution < -0.4 is 10.6 Å². The van der Waals surface area contributed by atoms with Crippen LogP contribution in [0, 0.1) is 0 Å². The fraction of sp³-hybridized carbons (Fsp3) is 0.444. The van der Waals surface area contributed by atoms with Gasteiger partial charge in [-0.25, -0.2) is 0 Å². The van der Waals surface area contributed by atoms with Gasteiger partial charge in [0, 0.05) is 32.0 Å². The molecule has 2 rings (SSSR count). The third-order valence-electron chi connectivity index (χ3n) is 2.40. The standard InChI is InChI=1S/C9H13N3O/c1-10-9(13)8-6-12-4-2-3-7(12)5-11-8/h2-4,8,11H,5-6H2,1H3,(H,10,13)/t8-/m0/s1. The highest BCUT2D eigenvalue weighted by atomic mass is 16.2. The lowest BCUT2D eigenvalue weighted by Gasteiger charge is -2.24. The molecule has 1 amide bonds. The molecule has 2 heterocycles. The van der Waals surface area contributed by atoms with Gasteiger partial charge in [0.05, 0.1) is 0 Å². The molecule has 2 N–H and O–H groups in total. The van der Waals surface area contributed by atoms with E-state index in [1.54, 1.807) is 7.05 Å². The molecule has 0 saturated carbocycles. The van der Waals surface area contributed by atoms with Crippen molar-refractivity contribution in [1.29, 1.82) is 0 Å². The van der Waals surface area contributed by atoms with E-state index in [-0.39, 0.29) is 11.9 Å². The van der Waals surface area contributed by atoms with Crippen molar-refractivity contribution < 1.29 is 4.79 Å². The average molecular weight is 179 g/mol. The molecule has 1 atom stereocenters. The van der Waals surface area contributed by atoms with E-state index in [2.05, 4.69) is 21.3 Å². The molecule has 0 unspecified atom stereocenters. The van der Waals surface area contributed by atoms with Crippen molar-refractivity contribution >= 4 is 5.91 Å². The number of aromatic nitrogens is 1. The normalized spacial score (nSPS) is 20.8. The van der Waals surface area contributed by atoms with Crippen LogP contribution in [0.1, 0.15) is 5.69 Å². The molecular formula is C9H13N3O. The third kappa shape index (κ3) is 1.45. The van der Waals surface area contributed by atoms with Gasteiger partial charge in [0.15, 0.2) is 0 Å². The van der Waals surface area contributed by atoms with Gasteiger partial charge in [-0.3, -0.25) is 10.1 Å². The maximum atomic E-state index is 11.3. The highest BCUT2D eigenvalue weighted by Crippen LogP contribution is 2.09. The Morgan fingerprint density at radius 3 is 3.38 bits per heavy atom. The zero-order valence-electron chi connectivity index (χ0n) is 7.58.